The molecule has 1 aromatic carbocycles. The molecule has 0 spiro atoms. The number of nitrogens with zero attached hydrogens (tertiary/aromatic N) is 2. The van der Waals surface area contributed by atoms with Crippen LogP contribution in [0.2, 0.25) is 0 Å². The molecule has 0 fully saturated rings. The second-order valence-corrected chi connectivity index (χ2v) is 11.0. The van der Waals surface area contributed by atoms with Crippen LogP contribution in [0.25, 0.3) is 12.2 Å². The molecule has 2 heterocycles. The van der Waals surface area contributed by atoms with Gasteiger partial charge < -0.3 is 18.9 Å². The maximum atomic E-state index is 11.1. The van der Waals surface area contributed by atoms with Gasteiger partial charge >= 0.3 is 0 Å². The van der Waals surface area contributed by atoms with Gasteiger partial charge in [-0.2, -0.15) is 4.57 Å². The second-order valence-electron chi connectivity index (χ2n) is 7.33. The molecule has 0 amide bonds. The molecule has 0 N–H and O–H groups in total. The molecule has 4 rings (SSSR count). The number of aromatic nitrogens is 1. The zero-order valence-corrected chi connectivity index (χ0v) is 20.0. The summed E-state index contributed by atoms with van der Waals surface area (Å²) in [4.78, 5) is 4.41. The highest BCUT2D eigenvalue weighted by Gasteiger charge is 2.31. The molecule has 10 heteroatoms. The van der Waals surface area contributed by atoms with E-state index in [1.165, 1.54) is 0 Å². The first kappa shape index (κ1) is 22.3. The SMILES string of the molecule is COc1ccc2c(c1)N(C)C(=Cc1sc3c([n+]1CCCS(=O)(=O)[O-])CC(OC)C=C3)S2. The first-order chi connectivity index (χ1) is 14.8. The number of rotatable bonds is 7. The molecule has 1 aromatic heterocycles. The van der Waals surface area contributed by atoms with Gasteiger partial charge in [-0.05, 0) is 18.2 Å². The molecule has 2 aliphatic rings. The number of anilines is 1. The molecule has 1 aliphatic carbocycles. The molecule has 1 aliphatic heterocycles. The summed E-state index contributed by atoms with van der Waals surface area (Å²) in [7, 11) is 1.12. The fraction of sp³-hybridized carbons (Fsp3) is 0.381. The van der Waals surface area contributed by atoms with Gasteiger partial charge in [-0.3, -0.25) is 0 Å². The zero-order valence-electron chi connectivity index (χ0n) is 17.5. The Kier molecular flexibility index (Phi) is 6.45. The van der Waals surface area contributed by atoms with Crippen molar-refractivity contribution in [1.29, 1.82) is 0 Å². The molecule has 166 valence electrons. The normalized spacial score (nSPS) is 19.0. The van der Waals surface area contributed by atoms with Crippen LogP contribution in [-0.4, -0.2) is 46.1 Å². The third-order valence-corrected chi connectivity index (χ3v) is 8.44. The van der Waals surface area contributed by atoms with E-state index in [0.29, 0.717) is 13.0 Å². The lowest BCUT2D eigenvalue weighted by Crippen LogP contribution is -2.41. The van der Waals surface area contributed by atoms with Crippen molar-refractivity contribution in [3.8, 4) is 5.75 Å². The fourth-order valence-electron chi connectivity index (χ4n) is 3.71. The van der Waals surface area contributed by atoms with Crippen molar-refractivity contribution in [2.75, 3.05) is 31.9 Å². The van der Waals surface area contributed by atoms with Crippen LogP contribution in [-0.2, 0) is 27.8 Å². The predicted octanol–water partition coefficient (Wildman–Crippen LogP) is 3.10. The van der Waals surface area contributed by atoms with E-state index < -0.39 is 10.1 Å². The Bertz CT molecular complexity index is 1150. The standard InChI is InChI=1S/C21H24N2O5S3/c1-22-16-11-14(27-2)5-7-18(16)29-20(22)13-21-23(9-4-10-31(24,25)26)17-12-15(28-3)6-8-19(17)30-21/h5-8,11,13,15H,4,9-10,12H2,1-3H3. The van der Waals surface area contributed by atoms with Gasteiger partial charge in [0, 0.05) is 37.3 Å². The van der Waals surface area contributed by atoms with Crippen LogP contribution in [0.5, 0.6) is 5.75 Å². The minimum absolute atomic E-state index is 0.0163. The predicted molar refractivity (Wildman–Crippen MR) is 122 cm³/mol. The highest BCUT2D eigenvalue weighted by molar-refractivity contribution is 8.03. The first-order valence-corrected chi connectivity index (χ1v) is 13.0. The summed E-state index contributed by atoms with van der Waals surface area (Å²) < 4.78 is 46.3. The van der Waals surface area contributed by atoms with Crippen LogP contribution >= 0.6 is 23.1 Å². The molecule has 0 saturated heterocycles. The molecule has 0 radical (unpaired) electrons. The van der Waals surface area contributed by atoms with Gasteiger partial charge in [0.25, 0.3) is 5.01 Å². The van der Waals surface area contributed by atoms with Crippen molar-refractivity contribution in [3.05, 3.63) is 44.9 Å². The smallest absolute Gasteiger partial charge is 0.265 e. The van der Waals surface area contributed by atoms with Gasteiger partial charge in [0.05, 0.1) is 46.5 Å². The summed E-state index contributed by atoms with van der Waals surface area (Å²) in [6.45, 7) is 0.464. The second kappa shape index (κ2) is 8.95. The average Bonchev–Trinajstić information content (AvgIpc) is 3.24. The van der Waals surface area contributed by atoms with E-state index in [9.17, 15) is 13.0 Å². The number of thioether (sulfide) groups is 1. The van der Waals surface area contributed by atoms with Crippen LogP contribution in [0, 0.1) is 0 Å². The van der Waals surface area contributed by atoms with Gasteiger partial charge in [-0.15, -0.1) is 0 Å². The Balaban J connectivity index is 1.68. The first-order valence-electron chi connectivity index (χ1n) is 9.80. The number of fused-ring (bicyclic) bond motifs is 2. The van der Waals surface area contributed by atoms with E-state index in [0.717, 1.165) is 36.9 Å². The lowest BCUT2D eigenvalue weighted by Gasteiger charge is -2.14. The highest BCUT2D eigenvalue weighted by atomic mass is 32.2. The monoisotopic (exact) mass is 480 g/mol. The lowest BCUT2D eigenvalue weighted by molar-refractivity contribution is -0.701. The van der Waals surface area contributed by atoms with Gasteiger partial charge in [0.2, 0.25) is 5.69 Å². The van der Waals surface area contributed by atoms with Crippen molar-refractivity contribution in [3.63, 3.8) is 0 Å². The van der Waals surface area contributed by atoms with Gasteiger partial charge in [-0.1, -0.05) is 29.2 Å². The Morgan fingerprint density at radius 1 is 1.35 bits per heavy atom. The van der Waals surface area contributed by atoms with E-state index in [4.69, 9.17) is 9.47 Å². The van der Waals surface area contributed by atoms with Crippen LogP contribution < -0.4 is 14.2 Å². The molecule has 0 saturated carbocycles. The summed E-state index contributed by atoms with van der Waals surface area (Å²) in [5.74, 6) is 0.438. The average molecular weight is 481 g/mol. The Morgan fingerprint density at radius 3 is 2.87 bits per heavy atom. The van der Waals surface area contributed by atoms with Crippen LogP contribution in [0.1, 0.15) is 22.0 Å². The molecular formula is C21H24N2O5S3. The number of methoxy groups -OCH3 is 2. The maximum Gasteiger partial charge on any atom is 0.265 e. The minimum atomic E-state index is -4.24. The molecule has 7 nitrogen and oxygen atoms in total. The van der Waals surface area contributed by atoms with E-state index >= 15 is 0 Å². The van der Waals surface area contributed by atoms with Crippen LogP contribution in [0.15, 0.2) is 34.2 Å². The Labute approximate surface area is 190 Å². The third-order valence-electron chi connectivity index (χ3n) is 5.35. The topological polar surface area (TPSA) is 82.8 Å². The van der Waals surface area contributed by atoms with Crippen molar-refractivity contribution in [2.24, 2.45) is 0 Å². The molecule has 1 unspecified atom stereocenters. The summed E-state index contributed by atoms with van der Waals surface area (Å²) in [6.07, 6.45) is 7.20. The minimum Gasteiger partial charge on any atom is -0.748 e. The Morgan fingerprint density at radius 2 is 2.16 bits per heavy atom. The van der Waals surface area contributed by atoms with Crippen molar-refractivity contribution in [2.45, 2.75) is 30.4 Å². The third kappa shape index (κ3) is 4.83. The number of hydrogen-bond acceptors (Lipinski definition) is 8. The van der Waals surface area contributed by atoms with Gasteiger partial charge in [-0.25, -0.2) is 8.42 Å². The van der Waals surface area contributed by atoms with E-state index in [1.807, 2.05) is 25.3 Å². The largest absolute Gasteiger partial charge is 0.748 e. The highest BCUT2D eigenvalue weighted by Crippen LogP contribution is 2.47. The summed E-state index contributed by atoms with van der Waals surface area (Å²) in [6, 6.07) is 6.02. The lowest BCUT2D eigenvalue weighted by atomic mass is 10.1. The molecule has 1 atom stereocenters. The maximum absolute atomic E-state index is 11.1. The summed E-state index contributed by atoms with van der Waals surface area (Å²) in [5, 5.41) is 2.09. The van der Waals surface area contributed by atoms with Crippen LogP contribution in [0.4, 0.5) is 5.69 Å². The number of hydrogen-bond donors (Lipinski definition) is 0. The van der Waals surface area contributed by atoms with E-state index in [1.54, 1.807) is 37.3 Å². The quantitative estimate of drug-likeness (QED) is 0.445. The molecular weight excluding hydrogens is 456 g/mol. The van der Waals surface area contributed by atoms with Crippen molar-refractivity contribution >= 4 is 51.1 Å². The fourth-order valence-corrected chi connectivity index (χ4v) is 6.50. The number of ether oxygens (including phenoxy) is 2. The summed E-state index contributed by atoms with van der Waals surface area (Å²) >= 11 is 3.34. The van der Waals surface area contributed by atoms with Crippen molar-refractivity contribution < 1.29 is 27.0 Å². The zero-order chi connectivity index (χ0) is 22.2. The Hall–Kier alpha value is -1.85. The summed E-state index contributed by atoms with van der Waals surface area (Å²) in [5.41, 5.74) is 2.19. The van der Waals surface area contributed by atoms with Gasteiger partial charge in [0.15, 0.2) is 6.54 Å². The van der Waals surface area contributed by atoms with E-state index in [-0.39, 0.29) is 18.3 Å². The van der Waals surface area contributed by atoms with Crippen LogP contribution in [0.3, 0.4) is 0 Å². The van der Waals surface area contributed by atoms with Gasteiger partial charge in [0.1, 0.15) is 10.6 Å². The molecule has 2 aromatic rings. The molecule has 0 bridgehead atoms. The van der Waals surface area contributed by atoms with E-state index in [2.05, 4.69) is 27.7 Å². The molecule has 31 heavy (non-hydrogen) atoms. The van der Waals surface area contributed by atoms with Crippen molar-refractivity contribution in [1.82, 2.24) is 0 Å². The number of thiazole rings is 1. The number of benzene rings is 1.